The molecule has 5 heteroatoms. The number of hydrogen-bond donors (Lipinski definition) is 0. The standard InChI is InChI=1S/C16H30N4O/c1-2-11-19(12-3-1)20-13-14-21-15-16(20,18-9-6-10-18)17-7-4-5-8-17/h1-15H2. The first kappa shape index (κ1) is 14.4. The largest absolute Gasteiger partial charge is 0.375 e. The molecule has 1 atom stereocenters. The van der Waals surface area contributed by atoms with Crippen LogP contribution in [-0.4, -0.2) is 84.6 Å². The Morgan fingerprint density at radius 2 is 1.24 bits per heavy atom. The monoisotopic (exact) mass is 294 g/mol. The van der Waals surface area contributed by atoms with E-state index in [9.17, 15) is 0 Å². The SMILES string of the molecule is C1CCN(N2CCOCC2(N2CCCC2)N2CCC2)CC1. The third kappa shape index (κ3) is 2.43. The molecule has 0 bridgehead atoms. The number of likely N-dealkylation sites (tertiary alicyclic amines) is 2. The Hall–Kier alpha value is -0.200. The Balaban J connectivity index is 1.63. The quantitative estimate of drug-likeness (QED) is 0.777. The fraction of sp³-hybridized carbons (Fsp3) is 1.00. The lowest BCUT2D eigenvalue weighted by atomic mass is 10.1. The molecular weight excluding hydrogens is 264 g/mol. The molecular formula is C16H30N4O. The zero-order chi connectivity index (χ0) is 14.1. The summed E-state index contributed by atoms with van der Waals surface area (Å²) in [6, 6.07) is 0. The van der Waals surface area contributed by atoms with Gasteiger partial charge in [0.25, 0.3) is 0 Å². The average molecular weight is 294 g/mol. The highest BCUT2D eigenvalue weighted by molar-refractivity contribution is 4.97. The van der Waals surface area contributed by atoms with Gasteiger partial charge in [-0.15, -0.1) is 0 Å². The van der Waals surface area contributed by atoms with E-state index in [-0.39, 0.29) is 5.79 Å². The highest BCUT2D eigenvalue weighted by atomic mass is 16.5. The highest BCUT2D eigenvalue weighted by Crippen LogP contribution is 2.36. The normalized spacial score (nSPS) is 37.7. The maximum Gasteiger partial charge on any atom is 0.168 e. The third-order valence-electron chi connectivity index (χ3n) is 5.81. The second kappa shape index (κ2) is 6.13. The highest BCUT2D eigenvalue weighted by Gasteiger charge is 2.53. The van der Waals surface area contributed by atoms with Crippen molar-refractivity contribution in [2.45, 2.75) is 44.3 Å². The first-order chi connectivity index (χ1) is 10.4. The Morgan fingerprint density at radius 3 is 1.86 bits per heavy atom. The molecule has 0 aromatic rings. The summed E-state index contributed by atoms with van der Waals surface area (Å²) in [5.74, 6) is 0.0321. The summed E-state index contributed by atoms with van der Waals surface area (Å²) in [6.45, 7) is 10.3. The van der Waals surface area contributed by atoms with E-state index < -0.39 is 0 Å². The minimum Gasteiger partial charge on any atom is -0.375 e. The van der Waals surface area contributed by atoms with Crippen molar-refractivity contribution in [3.63, 3.8) is 0 Å². The van der Waals surface area contributed by atoms with E-state index in [1.807, 2.05) is 0 Å². The van der Waals surface area contributed by atoms with Crippen LogP contribution < -0.4 is 0 Å². The lowest BCUT2D eigenvalue weighted by Crippen LogP contribution is -2.79. The lowest BCUT2D eigenvalue weighted by Gasteiger charge is -2.62. The van der Waals surface area contributed by atoms with Gasteiger partial charge in [0, 0.05) is 45.8 Å². The van der Waals surface area contributed by atoms with Crippen molar-refractivity contribution in [1.82, 2.24) is 19.8 Å². The predicted octanol–water partition coefficient (Wildman–Crippen LogP) is 1.17. The van der Waals surface area contributed by atoms with Gasteiger partial charge in [0.2, 0.25) is 0 Å². The van der Waals surface area contributed by atoms with Crippen molar-refractivity contribution in [2.75, 3.05) is 59.0 Å². The second-order valence-corrected chi connectivity index (χ2v) is 7.00. The van der Waals surface area contributed by atoms with Gasteiger partial charge in [-0.2, -0.15) is 0 Å². The summed E-state index contributed by atoms with van der Waals surface area (Å²) in [6.07, 6.45) is 8.17. The van der Waals surface area contributed by atoms with Gasteiger partial charge in [-0.1, -0.05) is 6.42 Å². The first-order valence-electron chi connectivity index (χ1n) is 9.02. The topological polar surface area (TPSA) is 22.2 Å². The van der Waals surface area contributed by atoms with Gasteiger partial charge >= 0.3 is 0 Å². The zero-order valence-electron chi connectivity index (χ0n) is 13.3. The number of ether oxygens (including phenoxy) is 1. The molecule has 4 rings (SSSR count). The molecule has 0 N–H and O–H groups in total. The van der Waals surface area contributed by atoms with Crippen LogP contribution in [0.2, 0.25) is 0 Å². The molecule has 4 saturated heterocycles. The number of hydrogen-bond acceptors (Lipinski definition) is 5. The van der Waals surface area contributed by atoms with E-state index >= 15 is 0 Å². The maximum absolute atomic E-state index is 6.02. The van der Waals surface area contributed by atoms with E-state index in [1.54, 1.807) is 0 Å². The molecule has 0 aliphatic carbocycles. The second-order valence-electron chi connectivity index (χ2n) is 7.00. The Morgan fingerprint density at radius 1 is 0.619 bits per heavy atom. The van der Waals surface area contributed by atoms with Crippen LogP contribution in [0, 0.1) is 0 Å². The van der Waals surface area contributed by atoms with E-state index in [1.165, 1.54) is 77.8 Å². The van der Waals surface area contributed by atoms with Gasteiger partial charge < -0.3 is 4.74 Å². The molecule has 0 spiro atoms. The van der Waals surface area contributed by atoms with Crippen molar-refractivity contribution in [1.29, 1.82) is 0 Å². The predicted molar refractivity (Wildman–Crippen MR) is 82.7 cm³/mol. The number of rotatable bonds is 3. The van der Waals surface area contributed by atoms with Gasteiger partial charge in [-0.05, 0) is 32.1 Å². The molecule has 4 aliphatic heterocycles. The smallest absolute Gasteiger partial charge is 0.168 e. The van der Waals surface area contributed by atoms with Crippen LogP contribution >= 0.6 is 0 Å². The summed E-state index contributed by atoms with van der Waals surface area (Å²) < 4.78 is 6.02. The van der Waals surface area contributed by atoms with Crippen LogP contribution in [0.15, 0.2) is 0 Å². The average Bonchev–Trinajstić information content (AvgIpc) is 3.01. The molecule has 0 aromatic carbocycles. The lowest BCUT2D eigenvalue weighted by molar-refractivity contribution is -0.305. The van der Waals surface area contributed by atoms with Crippen LogP contribution in [0.5, 0.6) is 0 Å². The van der Waals surface area contributed by atoms with E-state index in [0.29, 0.717) is 0 Å². The fourth-order valence-electron chi connectivity index (χ4n) is 4.56. The Kier molecular flexibility index (Phi) is 4.20. The van der Waals surface area contributed by atoms with Gasteiger partial charge in [-0.25, -0.2) is 10.0 Å². The summed E-state index contributed by atoms with van der Waals surface area (Å²) in [5.41, 5.74) is 0. The number of morpholine rings is 1. The summed E-state index contributed by atoms with van der Waals surface area (Å²) in [5, 5.41) is 5.36. The number of nitrogens with zero attached hydrogens (tertiary/aromatic N) is 4. The van der Waals surface area contributed by atoms with E-state index in [4.69, 9.17) is 4.74 Å². The molecule has 0 aromatic heterocycles. The molecule has 5 nitrogen and oxygen atoms in total. The molecule has 4 heterocycles. The van der Waals surface area contributed by atoms with Crippen LogP contribution in [0.1, 0.15) is 38.5 Å². The Labute approximate surface area is 128 Å². The fourth-order valence-corrected chi connectivity index (χ4v) is 4.56. The summed E-state index contributed by atoms with van der Waals surface area (Å²) in [7, 11) is 0. The summed E-state index contributed by atoms with van der Waals surface area (Å²) in [4.78, 5) is 5.41. The van der Waals surface area contributed by atoms with Crippen molar-refractivity contribution >= 4 is 0 Å². The van der Waals surface area contributed by atoms with Gasteiger partial charge in [-0.3, -0.25) is 9.80 Å². The Bertz CT molecular complexity index is 350. The molecule has 0 amide bonds. The molecule has 120 valence electrons. The molecule has 4 aliphatic rings. The van der Waals surface area contributed by atoms with Crippen LogP contribution in [0.3, 0.4) is 0 Å². The first-order valence-corrected chi connectivity index (χ1v) is 9.02. The van der Waals surface area contributed by atoms with Crippen molar-refractivity contribution < 1.29 is 4.74 Å². The molecule has 4 fully saturated rings. The molecule has 0 radical (unpaired) electrons. The van der Waals surface area contributed by atoms with Crippen molar-refractivity contribution in [3.8, 4) is 0 Å². The van der Waals surface area contributed by atoms with Gasteiger partial charge in [0.1, 0.15) is 0 Å². The molecule has 21 heavy (non-hydrogen) atoms. The third-order valence-corrected chi connectivity index (χ3v) is 5.81. The minimum absolute atomic E-state index is 0.0321. The minimum atomic E-state index is 0.0321. The zero-order valence-corrected chi connectivity index (χ0v) is 13.3. The van der Waals surface area contributed by atoms with Crippen LogP contribution in [-0.2, 0) is 4.74 Å². The molecule has 1 unspecified atom stereocenters. The van der Waals surface area contributed by atoms with E-state index in [0.717, 1.165) is 19.8 Å². The number of hydrazine groups is 1. The number of piperidine rings is 1. The van der Waals surface area contributed by atoms with Gasteiger partial charge in [0.05, 0.1) is 13.2 Å². The van der Waals surface area contributed by atoms with Crippen molar-refractivity contribution in [3.05, 3.63) is 0 Å². The van der Waals surface area contributed by atoms with Crippen molar-refractivity contribution in [2.24, 2.45) is 0 Å². The van der Waals surface area contributed by atoms with Crippen LogP contribution in [0.25, 0.3) is 0 Å². The van der Waals surface area contributed by atoms with E-state index in [2.05, 4.69) is 19.8 Å². The maximum atomic E-state index is 6.02. The van der Waals surface area contributed by atoms with Crippen LogP contribution in [0.4, 0.5) is 0 Å². The molecule has 0 saturated carbocycles. The van der Waals surface area contributed by atoms with Gasteiger partial charge in [0.15, 0.2) is 5.79 Å². The summed E-state index contributed by atoms with van der Waals surface area (Å²) >= 11 is 0.